The van der Waals surface area contributed by atoms with Crippen molar-refractivity contribution in [3.8, 4) is 0 Å². The van der Waals surface area contributed by atoms with Crippen molar-refractivity contribution in [1.82, 2.24) is 4.90 Å². The van der Waals surface area contributed by atoms with Gasteiger partial charge in [0.25, 0.3) is 0 Å². The van der Waals surface area contributed by atoms with E-state index in [1.54, 1.807) is 0 Å². The molecule has 19 heavy (non-hydrogen) atoms. The summed E-state index contributed by atoms with van der Waals surface area (Å²) < 4.78 is 0. The third-order valence-corrected chi connectivity index (χ3v) is 5.51. The first-order valence-electron chi connectivity index (χ1n) is 8.39. The highest BCUT2D eigenvalue weighted by Gasteiger charge is 2.45. The van der Waals surface area contributed by atoms with Crippen LogP contribution < -0.4 is 0 Å². The van der Waals surface area contributed by atoms with E-state index < -0.39 is 0 Å². The lowest BCUT2D eigenvalue weighted by molar-refractivity contribution is -0.0168. The average molecular weight is 265 g/mol. The Kier molecular flexibility index (Phi) is 3.68. The van der Waals surface area contributed by atoms with Crippen molar-refractivity contribution < 1.29 is 5.11 Å². The molecule has 0 spiro atoms. The summed E-state index contributed by atoms with van der Waals surface area (Å²) in [4.78, 5) is 2.82. The molecule has 3 rings (SSSR count). The molecule has 0 aromatic carbocycles. The van der Waals surface area contributed by atoms with Crippen LogP contribution in [0.5, 0.6) is 0 Å². The molecule has 0 aliphatic heterocycles. The molecule has 0 bridgehead atoms. The maximum Gasteiger partial charge on any atom is 0.0555 e. The third-order valence-electron chi connectivity index (χ3n) is 5.51. The Morgan fingerprint density at radius 2 is 1.68 bits per heavy atom. The zero-order valence-corrected chi connectivity index (χ0v) is 12.9. The Hall–Kier alpha value is -0.0800. The van der Waals surface area contributed by atoms with Gasteiger partial charge in [0.05, 0.1) is 6.10 Å². The molecule has 0 aromatic rings. The van der Waals surface area contributed by atoms with Crippen LogP contribution in [0.2, 0.25) is 0 Å². The fraction of sp³-hybridized carbons (Fsp3) is 1.00. The number of nitrogens with zero attached hydrogens (tertiary/aromatic N) is 1. The van der Waals surface area contributed by atoms with Crippen LogP contribution in [0.3, 0.4) is 0 Å². The SMILES string of the molecule is CC(C)(C)C1CCC(O)CC1N(CC1CC1)C1CC1. The van der Waals surface area contributed by atoms with E-state index in [-0.39, 0.29) is 6.10 Å². The van der Waals surface area contributed by atoms with Gasteiger partial charge in [0.15, 0.2) is 0 Å². The third kappa shape index (κ3) is 3.33. The second kappa shape index (κ2) is 5.04. The quantitative estimate of drug-likeness (QED) is 0.841. The van der Waals surface area contributed by atoms with Crippen molar-refractivity contribution in [3.63, 3.8) is 0 Å². The lowest BCUT2D eigenvalue weighted by Gasteiger charge is -2.47. The minimum Gasteiger partial charge on any atom is -0.393 e. The van der Waals surface area contributed by atoms with Crippen LogP contribution >= 0.6 is 0 Å². The summed E-state index contributed by atoms with van der Waals surface area (Å²) in [7, 11) is 0. The summed E-state index contributed by atoms with van der Waals surface area (Å²) in [5.74, 6) is 1.73. The van der Waals surface area contributed by atoms with Crippen molar-refractivity contribution in [1.29, 1.82) is 0 Å². The smallest absolute Gasteiger partial charge is 0.0555 e. The maximum absolute atomic E-state index is 10.1. The van der Waals surface area contributed by atoms with Crippen molar-refractivity contribution in [2.45, 2.75) is 83.9 Å². The van der Waals surface area contributed by atoms with E-state index in [1.165, 1.54) is 38.6 Å². The standard InChI is InChI=1S/C17H31NO/c1-17(2,3)15-9-8-14(19)10-16(15)18(13-6-7-13)11-12-4-5-12/h12-16,19H,4-11H2,1-3H3. The molecule has 3 fully saturated rings. The summed E-state index contributed by atoms with van der Waals surface area (Å²) >= 11 is 0. The molecule has 3 aliphatic carbocycles. The molecule has 1 N–H and O–H groups in total. The fourth-order valence-electron chi connectivity index (χ4n) is 4.06. The first-order chi connectivity index (χ1) is 8.95. The second-order valence-electron chi connectivity index (χ2n) is 8.38. The van der Waals surface area contributed by atoms with Crippen LogP contribution in [0.1, 0.15) is 65.7 Å². The van der Waals surface area contributed by atoms with Crippen LogP contribution in [-0.4, -0.2) is 34.7 Å². The van der Waals surface area contributed by atoms with E-state index in [2.05, 4.69) is 25.7 Å². The molecule has 110 valence electrons. The summed E-state index contributed by atoms with van der Waals surface area (Å²) in [5, 5.41) is 10.1. The molecule has 3 unspecified atom stereocenters. The molecule has 2 nitrogen and oxygen atoms in total. The van der Waals surface area contributed by atoms with Gasteiger partial charge in [-0.15, -0.1) is 0 Å². The Bertz CT molecular complexity index is 314. The van der Waals surface area contributed by atoms with Crippen LogP contribution in [0, 0.1) is 17.3 Å². The van der Waals surface area contributed by atoms with Gasteiger partial charge in [0.2, 0.25) is 0 Å². The molecule has 0 heterocycles. The maximum atomic E-state index is 10.1. The number of aliphatic hydroxyl groups is 1. The minimum atomic E-state index is -0.0518. The lowest BCUT2D eigenvalue weighted by atomic mass is 9.68. The van der Waals surface area contributed by atoms with Crippen LogP contribution in [-0.2, 0) is 0 Å². The van der Waals surface area contributed by atoms with E-state index in [0.29, 0.717) is 11.5 Å². The van der Waals surface area contributed by atoms with Crippen molar-refractivity contribution in [2.24, 2.45) is 17.3 Å². The Morgan fingerprint density at radius 3 is 2.21 bits per heavy atom. The molecule has 0 saturated heterocycles. The van der Waals surface area contributed by atoms with Crippen molar-refractivity contribution in [2.75, 3.05) is 6.54 Å². The van der Waals surface area contributed by atoms with Gasteiger partial charge in [-0.05, 0) is 62.2 Å². The fourth-order valence-corrected chi connectivity index (χ4v) is 4.06. The summed E-state index contributed by atoms with van der Waals surface area (Å²) in [6.07, 6.45) is 8.88. The highest BCUT2D eigenvalue weighted by Crippen LogP contribution is 2.45. The van der Waals surface area contributed by atoms with E-state index in [0.717, 1.165) is 30.7 Å². The number of hydrogen-bond donors (Lipinski definition) is 1. The van der Waals surface area contributed by atoms with Crippen LogP contribution in [0.4, 0.5) is 0 Å². The monoisotopic (exact) mass is 265 g/mol. The molecular formula is C17H31NO. The highest BCUT2D eigenvalue weighted by molar-refractivity contribution is 4.99. The molecule has 0 radical (unpaired) electrons. The van der Waals surface area contributed by atoms with Gasteiger partial charge >= 0.3 is 0 Å². The molecule has 0 aromatic heterocycles. The zero-order chi connectivity index (χ0) is 13.6. The minimum absolute atomic E-state index is 0.0518. The first kappa shape index (κ1) is 13.9. The zero-order valence-electron chi connectivity index (χ0n) is 12.9. The number of rotatable bonds is 4. The molecule has 3 aliphatic rings. The first-order valence-corrected chi connectivity index (χ1v) is 8.39. The molecule has 0 amide bonds. The lowest BCUT2D eigenvalue weighted by Crippen LogP contribution is -2.51. The summed E-state index contributed by atoms with van der Waals surface area (Å²) in [6, 6.07) is 1.48. The predicted octanol–water partition coefficient (Wildman–Crippen LogP) is 3.44. The van der Waals surface area contributed by atoms with Gasteiger partial charge in [-0.1, -0.05) is 20.8 Å². The van der Waals surface area contributed by atoms with Gasteiger partial charge in [-0.3, -0.25) is 4.90 Å². The van der Waals surface area contributed by atoms with E-state index in [9.17, 15) is 5.11 Å². The predicted molar refractivity (Wildman–Crippen MR) is 79.0 cm³/mol. The van der Waals surface area contributed by atoms with E-state index in [1.807, 2.05) is 0 Å². The summed E-state index contributed by atoms with van der Waals surface area (Å²) in [5.41, 5.74) is 0.376. The number of aliphatic hydroxyl groups excluding tert-OH is 1. The average Bonchev–Trinajstić information content (AvgIpc) is 3.17. The largest absolute Gasteiger partial charge is 0.393 e. The topological polar surface area (TPSA) is 23.5 Å². The van der Waals surface area contributed by atoms with E-state index in [4.69, 9.17) is 0 Å². The van der Waals surface area contributed by atoms with Gasteiger partial charge in [-0.25, -0.2) is 0 Å². The Labute approximate surface area is 118 Å². The molecule has 2 heteroatoms. The van der Waals surface area contributed by atoms with Crippen molar-refractivity contribution in [3.05, 3.63) is 0 Å². The van der Waals surface area contributed by atoms with Crippen LogP contribution in [0.15, 0.2) is 0 Å². The molecule has 3 atom stereocenters. The van der Waals surface area contributed by atoms with Gasteiger partial charge in [0, 0.05) is 18.6 Å². The van der Waals surface area contributed by atoms with Crippen molar-refractivity contribution >= 4 is 0 Å². The highest BCUT2D eigenvalue weighted by atomic mass is 16.3. The van der Waals surface area contributed by atoms with Gasteiger partial charge < -0.3 is 5.11 Å². The Balaban J connectivity index is 1.75. The van der Waals surface area contributed by atoms with Gasteiger partial charge in [-0.2, -0.15) is 0 Å². The number of hydrogen-bond acceptors (Lipinski definition) is 2. The van der Waals surface area contributed by atoms with Gasteiger partial charge in [0.1, 0.15) is 0 Å². The van der Waals surface area contributed by atoms with E-state index >= 15 is 0 Å². The Morgan fingerprint density at radius 1 is 1.00 bits per heavy atom. The normalized spacial score (nSPS) is 36.8. The van der Waals surface area contributed by atoms with Crippen LogP contribution in [0.25, 0.3) is 0 Å². The molecule has 3 saturated carbocycles. The summed E-state index contributed by atoms with van der Waals surface area (Å²) in [6.45, 7) is 8.49. The molecular weight excluding hydrogens is 234 g/mol. The second-order valence-corrected chi connectivity index (χ2v) is 8.38.